The number of piperidine rings is 1. The minimum Gasteiger partial charge on any atom is -0.393 e. The van der Waals surface area contributed by atoms with Crippen LogP contribution in [0.5, 0.6) is 0 Å². The van der Waals surface area contributed by atoms with Gasteiger partial charge < -0.3 is 14.9 Å². The lowest BCUT2D eigenvalue weighted by molar-refractivity contribution is -0.138. The fourth-order valence-corrected chi connectivity index (χ4v) is 4.67. The van der Waals surface area contributed by atoms with Crippen molar-refractivity contribution in [3.8, 4) is 0 Å². The molecule has 5 heteroatoms. The van der Waals surface area contributed by atoms with Crippen LogP contribution in [-0.4, -0.2) is 58.5 Å². The van der Waals surface area contributed by atoms with Crippen LogP contribution >= 0.6 is 0 Å². The first-order valence-electron chi connectivity index (χ1n) is 9.72. The van der Waals surface area contributed by atoms with Gasteiger partial charge in [0.05, 0.1) is 12.0 Å². The Morgan fingerprint density at radius 1 is 1.17 bits per heavy atom. The van der Waals surface area contributed by atoms with Gasteiger partial charge in [-0.25, -0.2) is 0 Å². The highest BCUT2D eigenvalue weighted by molar-refractivity contribution is 5.89. The number of hydrogen-bond acceptors (Lipinski definition) is 3. The van der Waals surface area contributed by atoms with Gasteiger partial charge in [-0.2, -0.15) is 0 Å². The molecule has 3 unspecified atom stereocenters. The van der Waals surface area contributed by atoms with E-state index in [0.717, 1.165) is 38.1 Å². The number of hydrogen-bond donors (Lipinski definition) is 1. The molecule has 2 heterocycles. The fraction of sp³-hybridized carbons (Fsp3) is 0.895. The van der Waals surface area contributed by atoms with Crippen molar-refractivity contribution < 1.29 is 14.7 Å². The Labute approximate surface area is 145 Å². The highest BCUT2D eigenvalue weighted by Gasteiger charge is 2.41. The Bertz CT molecular complexity index is 471. The van der Waals surface area contributed by atoms with Gasteiger partial charge in [-0.15, -0.1) is 0 Å². The van der Waals surface area contributed by atoms with Crippen LogP contribution in [0.4, 0.5) is 0 Å². The van der Waals surface area contributed by atoms with Crippen molar-refractivity contribution in [1.82, 2.24) is 9.80 Å². The fourth-order valence-electron chi connectivity index (χ4n) is 4.67. The van der Waals surface area contributed by atoms with Gasteiger partial charge >= 0.3 is 0 Å². The van der Waals surface area contributed by atoms with Crippen molar-refractivity contribution in [1.29, 1.82) is 0 Å². The van der Waals surface area contributed by atoms with E-state index in [2.05, 4.69) is 6.92 Å². The summed E-state index contributed by atoms with van der Waals surface area (Å²) >= 11 is 0. The summed E-state index contributed by atoms with van der Waals surface area (Å²) in [6.07, 6.45) is 6.49. The van der Waals surface area contributed by atoms with Gasteiger partial charge in [-0.1, -0.05) is 6.92 Å². The molecule has 0 radical (unpaired) electrons. The molecule has 3 rings (SSSR count). The summed E-state index contributed by atoms with van der Waals surface area (Å²) in [5.41, 5.74) is 0. The second-order valence-corrected chi connectivity index (χ2v) is 8.29. The summed E-state index contributed by atoms with van der Waals surface area (Å²) in [7, 11) is 0. The third kappa shape index (κ3) is 3.76. The lowest BCUT2D eigenvalue weighted by atomic mass is 9.86. The summed E-state index contributed by atoms with van der Waals surface area (Å²) in [5, 5.41) is 9.82. The predicted molar refractivity (Wildman–Crippen MR) is 92.2 cm³/mol. The first-order chi connectivity index (χ1) is 11.5. The molecular formula is C19H32N2O3. The number of aliphatic hydroxyl groups excluding tert-OH is 1. The van der Waals surface area contributed by atoms with Crippen molar-refractivity contribution in [3.63, 3.8) is 0 Å². The topological polar surface area (TPSA) is 60.9 Å². The first-order valence-corrected chi connectivity index (χ1v) is 9.72. The lowest BCUT2D eigenvalue weighted by Gasteiger charge is -2.36. The number of carbonyl (C=O) groups excluding carboxylic acids is 2. The Balaban J connectivity index is 1.57. The molecule has 1 saturated carbocycles. The number of likely N-dealkylation sites (tertiary alicyclic amines) is 2. The van der Waals surface area contributed by atoms with E-state index in [1.165, 1.54) is 12.8 Å². The van der Waals surface area contributed by atoms with E-state index in [1.807, 2.05) is 16.7 Å². The largest absolute Gasteiger partial charge is 0.393 e. The molecule has 0 bridgehead atoms. The highest BCUT2D eigenvalue weighted by atomic mass is 16.3. The van der Waals surface area contributed by atoms with E-state index >= 15 is 0 Å². The van der Waals surface area contributed by atoms with Crippen LogP contribution in [0.2, 0.25) is 0 Å². The number of aliphatic hydroxyl groups is 1. The molecule has 136 valence electrons. The SMILES string of the molecule is CC1CCC(N2CC(C(=O)N3CCCC(C(C)O)C3)CC2=O)CC1. The molecule has 5 nitrogen and oxygen atoms in total. The monoisotopic (exact) mass is 336 g/mol. The van der Waals surface area contributed by atoms with E-state index in [-0.39, 0.29) is 29.8 Å². The van der Waals surface area contributed by atoms with Gasteiger partial charge in [0.25, 0.3) is 0 Å². The van der Waals surface area contributed by atoms with Crippen molar-refractivity contribution in [3.05, 3.63) is 0 Å². The van der Waals surface area contributed by atoms with E-state index in [1.54, 1.807) is 0 Å². The summed E-state index contributed by atoms with van der Waals surface area (Å²) in [4.78, 5) is 29.2. The van der Waals surface area contributed by atoms with Crippen LogP contribution < -0.4 is 0 Å². The molecule has 2 amide bonds. The predicted octanol–water partition coefficient (Wildman–Crippen LogP) is 2.03. The molecule has 0 aromatic heterocycles. The van der Waals surface area contributed by atoms with Crippen molar-refractivity contribution in [2.45, 2.75) is 70.9 Å². The van der Waals surface area contributed by atoms with E-state index in [0.29, 0.717) is 25.6 Å². The zero-order chi connectivity index (χ0) is 17.3. The second-order valence-electron chi connectivity index (χ2n) is 8.29. The number of carbonyl (C=O) groups is 2. The van der Waals surface area contributed by atoms with E-state index in [4.69, 9.17) is 0 Å². The molecule has 3 fully saturated rings. The highest BCUT2D eigenvalue weighted by Crippen LogP contribution is 2.32. The smallest absolute Gasteiger partial charge is 0.228 e. The quantitative estimate of drug-likeness (QED) is 0.858. The van der Waals surface area contributed by atoms with Gasteiger partial charge in [0.2, 0.25) is 11.8 Å². The minimum absolute atomic E-state index is 0.125. The maximum absolute atomic E-state index is 12.9. The zero-order valence-corrected chi connectivity index (χ0v) is 15.1. The second kappa shape index (κ2) is 7.42. The Morgan fingerprint density at radius 2 is 1.88 bits per heavy atom. The molecule has 1 N–H and O–H groups in total. The van der Waals surface area contributed by atoms with Crippen molar-refractivity contribution >= 4 is 11.8 Å². The van der Waals surface area contributed by atoms with E-state index in [9.17, 15) is 14.7 Å². The molecule has 3 aliphatic rings. The molecule has 1 aliphatic carbocycles. The van der Waals surface area contributed by atoms with Gasteiger partial charge in [0, 0.05) is 38.0 Å². The third-order valence-corrected chi connectivity index (χ3v) is 6.39. The van der Waals surface area contributed by atoms with Gasteiger partial charge in [-0.05, 0) is 51.4 Å². The Morgan fingerprint density at radius 3 is 2.54 bits per heavy atom. The summed E-state index contributed by atoms with van der Waals surface area (Å²) in [5.74, 6) is 1.06. The molecule has 3 atom stereocenters. The molecule has 0 aromatic rings. The average Bonchev–Trinajstić information content (AvgIpc) is 2.97. The molecule has 24 heavy (non-hydrogen) atoms. The number of nitrogens with zero attached hydrogens (tertiary/aromatic N) is 2. The van der Waals surface area contributed by atoms with Crippen LogP contribution in [0.3, 0.4) is 0 Å². The molecular weight excluding hydrogens is 304 g/mol. The van der Waals surface area contributed by atoms with Crippen LogP contribution in [0.15, 0.2) is 0 Å². The van der Waals surface area contributed by atoms with Crippen LogP contribution in [0.1, 0.15) is 58.8 Å². The van der Waals surface area contributed by atoms with Gasteiger partial charge in [0.1, 0.15) is 0 Å². The number of rotatable bonds is 3. The van der Waals surface area contributed by atoms with Crippen LogP contribution in [0.25, 0.3) is 0 Å². The third-order valence-electron chi connectivity index (χ3n) is 6.39. The molecule has 0 spiro atoms. The minimum atomic E-state index is -0.369. The molecule has 0 aromatic carbocycles. The maximum atomic E-state index is 12.9. The first kappa shape index (κ1) is 17.7. The summed E-state index contributed by atoms with van der Waals surface area (Å²) in [6, 6.07) is 0.345. The van der Waals surface area contributed by atoms with Crippen molar-refractivity contribution in [2.75, 3.05) is 19.6 Å². The standard InChI is InChI=1S/C19H32N2O3/c1-13-5-7-17(8-6-13)21-12-16(10-18(21)23)19(24)20-9-3-4-15(11-20)14(2)22/h13-17,22H,3-12H2,1-2H3. The molecule has 2 saturated heterocycles. The lowest BCUT2D eigenvalue weighted by Crippen LogP contribution is -2.46. The van der Waals surface area contributed by atoms with E-state index < -0.39 is 0 Å². The van der Waals surface area contributed by atoms with Crippen LogP contribution in [0, 0.1) is 17.8 Å². The summed E-state index contributed by atoms with van der Waals surface area (Å²) in [6.45, 7) is 6.11. The Hall–Kier alpha value is -1.10. The summed E-state index contributed by atoms with van der Waals surface area (Å²) < 4.78 is 0. The molecule has 2 aliphatic heterocycles. The Kier molecular flexibility index (Phi) is 5.48. The van der Waals surface area contributed by atoms with Gasteiger partial charge in [-0.3, -0.25) is 9.59 Å². The number of amides is 2. The maximum Gasteiger partial charge on any atom is 0.228 e. The average molecular weight is 336 g/mol. The normalized spacial score (nSPS) is 36.0. The van der Waals surface area contributed by atoms with Crippen molar-refractivity contribution in [2.24, 2.45) is 17.8 Å². The van der Waals surface area contributed by atoms with Gasteiger partial charge in [0.15, 0.2) is 0 Å². The van der Waals surface area contributed by atoms with Crippen LogP contribution in [-0.2, 0) is 9.59 Å². The zero-order valence-electron chi connectivity index (χ0n) is 15.1.